The van der Waals surface area contributed by atoms with Crippen molar-refractivity contribution in [3.63, 3.8) is 0 Å². The Labute approximate surface area is 124 Å². The number of nitrogens with zero attached hydrogens (tertiary/aromatic N) is 1. The molecule has 2 rings (SSSR count). The molecular weight excluding hydrogens is 264 g/mol. The summed E-state index contributed by atoms with van der Waals surface area (Å²) in [5.74, 6) is -0.169. The number of aryl methyl sites for hydroxylation is 1. The summed E-state index contributed by atoms with van der Waals surface area (Å²) in [6, 6.07) is 9.87. The van der Waals surface area contributed by atoms with Crippen LogP contribution in [0.15, 0.2) is 42.7 Å². The first-order chi connectivity index (χ1) is 10.1. The molecule has 1 amide bonds. The van der Waals surface area contributed by atoms with E-state index < -0.39 is 0 Å². The van der Waals surface area contributed by atoms with E-state index >= 15 is 0 Å². The van der Waals surface area contributed by atoms with E-state index in [1.165, 1.54) is 5.56 Å². The van der Waals surface area contributed by atoms with Gasteiger partial charge < -0.3 is 10.4 Å². The van der Waals surface area contributed by atoms with E-state index in [0.717, 1.165) is 11.1 Å². The minimum Gasteiger partial charge on any atom is -0.396 e. The molecule has 0 aliphatic heterocycles. The second-order valence-corrected chi connectivity index (χ2v) is 5.22. The van der Waals surface area contributed by atoms with Gasteiger partial charge in [-0.1, -0.05) is 29.8 Å². The fourth-order valence-electron chi connectivity index (χ4n) is 2.04. The molecular formula is C17H20N2O2. The normalized spacial score (nSPS) is 12.0. The van der Waals surface area contributed by atoms with Crippen molar-refractivity contribution in [1.82, 2.24) is 10.3 Å². The molecule has 4 heteroatoms. The molecule has 0 saturated heterocycles. The van der Waals surface area contributed by atoms with Gasteiger partial charge in [-0.05, 0) is 31.9 Å². The number of carbonyl (C=O) groups excluding carboxylic acids is 1. The Kier molecular flexibility index (Phi) is 5.06. The van der Waals surface area contributed by atoms with Crippen molar-refractivity contribution in [3.05, 3.63) is 53.9 Å². The van der Waals surface area contributed by atoms with Crippen LogP contribution in [0.5, 0.6) is 0 Å². The lowest BCUT2D eigenvalue weighted by Crippen LogP contribution is -2.33. The fourth-order valence-corrected chi connectivity index (χ4v) is 2.04. The fraction of sp³-hybridized carbons (Fsp3) is 0.294. The Hall–Kier alpha value is -2.20. The number of aromatic nitrogens is 1. The third-order valence-corrected chi connectivity index (χ3v) is 3.32. The van der Waals surface area contributed by atoms with Crippen LogP contribution in [0.2, 0.25) is 0 Å². The van der Waals surface area contributed by atoms with Crippen molar-refractivity contribution in [1.29, 1.82) is 0 Å². The minimum atomic E-state index is -0.169. The molecule has 0 aliphatic rings. The zero-order valence-corrected chi connectivity index (χ0v) is 12.3. The van der Waals surface area contributed by atoms with Gasteiger partial charge in [-0.2, -0.15) is 0 Å². The average Bonchev–Trinajstić information content (AvgIpc) is 2.48. The molecule has 0 saturated carbocycles. The second-order valence-electron chi connectivity index (χ2n) is 5.22. The lowest BCUT2D eigenvalue weighted by atomic mass is 10.0. The van der Waals surface area contributed by atoms with Crippen LogP contribution in [0.3, 0.4) is 0 Å². The van der Waals surface area contributed by atoms with Gasteiger partial charge in [0.15, 0.2) is 0 Å². The summed E-state index contributed by atoms with van der Waals surface area (Å²) in [7, 11) is 0. The van der Waals surface area contributed by atoms with Gasteiger partial charge in [0.2, 0.25) is 0 Å². The number of aliphatic hydroxyl groups is 1. The number of hydrogen-bond acceptors (Lipinski definition) is 3. The zero-order valence-electron chi connectivity index (χ0n) is 12.3. The topological polar surface area (TPSA) is 62.2 Å². The Morgan fingerprint density at radius 3 is 2.62 bits per heavy atom. The molecule has 1 atom stereocenters. The standard InChI is InChI=1S/C17H20N2O2/c1-12-3-5-14(6-4-12)15-9-16(11-18-10-15)17(21)19-13(2)7-8-20/h3-6,9-11,13,20H,7-8H2,1-2H3,(H,19,21). The van der Waals surface area contributed by atoms with Crippen molar-refractivity contribution in [2.45, 2.75) is 26.3 Å². The number of amides is 1. The molecule has 0 bridgehead atoms. The van der Waals surface area contributed by atoms with E-state index in [2.05, 4.69) is 10.3 Å². The molecule has 2 N–H and O–H groups in total. The summed E-state index contributed by atoms with van der Waals surface area (Å²) < 4.78 is 0. The first-order valence-electron chi connectivity index (χ1n) is 7.04. The maximum Gasteiger partial charge on any atom is 0.253 e. The molecule has 21 heavy (non-hydrogen) atoms. The van der Waals surface area contributed by atoms with Crippen molar-refractivity contribution >= 4 is 5.91 Å². The monoisotopic (exact) mass is 284 g/mol. The van der Waals surface area contributed by atoms with Crippen LogP contribution in [0.1, 0.15) is 29.3 Å². The van der Waals surface area contributed by atoms with E-state index in [4.69, 9.17) is 5.11 Å². The van der Waals surface area contributed by atoms with Crippen LogP contribution >= 0.6 is 0 Å². The molecule has 1 aromatic carbocycles. The van der Waals surface area contributed by atoms with E-state index in [0.29, 0.717) is 12.0 Å². The highest BCUT2D eigenvalue weighted by Crippen LogP contribution is 2.19. The quantitative estimate of drug-likeness (QED) is 0.887. The highest BCUT2D eigenvalue weighted by atomic mass is 16.3. The van der Waals surface area contributed by atoms with Gasteiger partial charge >= 0.3 is 0 Å². The molecule has 1 aromatic heterocycles. The SMILES string of the molecule is Cc1ccc(-c2cncc(C(=O)NC(C)CCO)c2)cc1. The molecule has 4 nitrogen and oxygen atoms in total. The Balaban J connectivity index is 2.17. The summed E-state index contributed by atoms with van der Waals surface area (Å²) in [6.45, 7) is 3.96. The van der Waals surface area contributed by atoms with Crippen molar-refractivity contribution in [2.75, 3.05) is 6.61 Å². The Morgan fingerprint density at radius 2 is 1.95 bits per heavy atom. The molecule has 0 aliphatic carbocycles. The van der Waals surface area contributed by atoms with Gasteiger partial charge in [-0.3, -0.25) is 9.78 Å². The Morgan fingerprint density at radius 1 is 1.24 bits per heavy atom. The van der Waals surface area contributed by atoms with Gasteiger partial charge in [0.1, 0.15) is 0 Å². The molecule has 1 unspecified atom stereocenters. The van der Waals surface area contributed by atoms with Crippen molar-refractivity contribution in [2.24, 2.45) is 0 Å². The van der Waals surface area contributed by atoms with Crippen LogP contribution in [0.25, 0.3) is 11.1 Å². The van der Waals surface area contributed by atoms with Gasteiger partial charge in [-0.25, -0.2) is 0 Å². The lowest BCUT2D eigenvalue weighted by Gasteiger charge is -2.12. The van der Waals surface area contributed by atoms with Gasteiger partial charge in [0, 0.05) is 30.6 Å². The highest BCUT2D eigenvalue weighted by molar-refractivity contribution is 5.95. The van der Waals surface area contributed by atoms with Crippen molar-refractivity contribution < 1.29 is 9.90 Å². The number of pyridine rings is 1. The van der Waals surface area contributed by atoms with Crippen LogP contribution < -0.4 is 5.32 Å². The van der Waals surface area contributed by atoms with Crippen LogP contribution in [0.4, 0.5) is 0 Å². The van der Waals surface area contributed by atoms with E-state index in [9.17, 15) is 4.79 Å². The Bertz CT molecular complexity index is 608. The number of benzene rings is 1. The summed E-state index contributed by atoms with van der Waals surface area (Å²) in [4.78, 5) is 16.3. The van der Waals surface area contributed by atoms with Crippen LogP contribution in [-0.4, -0.2) is 28.6 Å². The van der Waals surface area contributed by atoms with E-state index in [1.54, 1.807) is 12.4 Å². The molecule has 0 radical (unpaired) electrons. The third-order valence-electron chi connectivity index (χ3n) is 3.32. The van der Waals surface area contributed by atoms with Gasteiger partial charge in [0.25, 0.3) is 5.91 Å². The predicted octanol–water partition coefficient (Wildman–Crippen LogP) is 2.56. The number of hydrogen-bond donors (Lipinski definition) is 2. The van der Waals surface area contributed by atoms with Crippen LogP contribution in [-0.2, 0) is 0 Å². The maximum atomic E-state index is 12.1. The summed E-state index contributed by atoms with van der Waals surface area (Å²) >= 11 is 0. The number of rotatable bonds is 5. The minimum absolute atomic E-state index is 0.0586. The zero-order chi connectivity index (χ0) is 15.2. The second kappa shape index (κ2) is 6.99. The maximum absolute atomic E-state index is 12.1. The third kappa shape index (κ3) is 4.13. The summed E-state index contributed by atoms with van der Waals surface area (Å²) in [6.07, 6.45) is 3.84. The van der Waals surface area contributed by atoms with E-state index in [-0.39, 0.29) is 18.6 Å². The molecule has 0 spiro atoms. The van der Waals surface area contributed by atoms with Crippen LogP contribution in [0, 0.1) is 6.92 Å². The molecule has 110 valence electrons. The summed E-state index contributed by atoms with van der Waals surface area (Å²) in [5, 5.41) is 11.7. The number of aliphatic hydroxyl groups excluding tert-OH is 1. The first kappa shape index (κ1) is 15.2. The van der Waals surface area contributed by atoms with E-state index in [1.807, 2.05) is 44.2 Å². The van der Waals surface area contributed by atoms with Crippen molar-refractivity contribution in [3.8, 4) is 11.1 Å². The largest absolute Gasteiger partial charge is 0.396 e. The predicted molar refractivity (Wildman–Crippen MR) is 83.0 cm³/mol. The van der Waals surface area contributed by atoms with Gasteiger partial charge in [0.05, 0.1) is 5.56 Å². The smallest absolute Gasteiger partial charge is 0.253 e. The average molecular weight is 284 g/mol. The number of nitrogens with one attached hydrogen (secondary N) is 1. The molecule has 2 aromatic rings. The highest BCUT2D eigenvalue weighted by Gasteiger charge is 2.11. The lowest BCUT2D eigenvalue weighted by molar-refractivity contribution is 0.0934. The van der Waals surface area contributed by atoms with Gasteiger partial charge in [-0.15, -0.1) is 0 Å². The first-order valence-corrected chi connectivity index (χ1v) is 7.04. The number of carbonyl (C=O) groups is 1. The molecule has 1 heterocycles. The summed E-state index contributed by atoms with van der Waals surface area (Å²) in [5.41, 5.74) is 3.67. The molecule has 0 fully saturated rings.